The molecule has 1 saturated heterocycles. The highest BCUT2D eigenvalue weighted by molar-refractivity contribution is 7.99. The Hall–Kier alpha value is -0.590. The second-order valence-corrected chi connectivity index (χ2v) is 6.36. The lowest BCUT2D eigenvalue weighted by Gasteiger charge is -2.28. The van der Waals surface area contributed by atoms with E-state index in [4.69, 9.17) is 9.26 Å². The van der Waals surface area contributed by atoms with Gasteiger partial charge in [0.25, 0.3) is 0 Å². The topological polar surface area (TPSA) is 60.2 Å². The Balaban J connectivity index is 1.72. The standard InChI is InChI=1S/C13H21N3O2S/c1-14-10-5-3-2-4-9(10)13-15-12(16-18-13)11-8-19-7-6-17-11/h9-11,14H,2-8H2,1H3. The number of ether oxygens (including phenoxy) is 1. The fraction of sp³-hybridized carbons (Fsp3) is 0.846. The van der Waals surface area contributed by atoms with E-state index < -0.39 is 0 Å². The van der Waals surface area contributed by atoms with Crippen LogP contribution in [0.25, 0.3) is 0 Å². The smallest absolute Gasteiger partial charge is 0.231 e. The highest BCUT2D eigenvalue weighted by Crippen LogP contribution is 2.33. The molecule has 19 heavy (non-hydrogen) atoms. The first-order valence-corrected chi connectivity index (χ1v) is 8.24. The van der Waals surface area contributed by atoms with Crippen molar-refractivity contribution in [3.63, 3.8) is 0 Å². The van der Waals surface area contributed by atoms with E-state index in [2.05, 4.69) is 15.5 Å². The van der Waals surface area contributed by atoms with Crippen LogP contribution < -0.4 is 5.32 Å². The average molecular weight is 283 g/mol. The molecule has 2 aliphatic rings. The van der Waals surface area contributed by atoms with Crippen LogP contribution in [0.5, 0.6) is 0 Å². The summed E-state index contributed by atoms with van der Waals surface area (Å²) >= 11 is 1.89. The van der Waals surface area contributed by atoms with Gasteiger partial charge in [-0.15, -0.1) is 0 Å². The highest BCUT2D eigenvalue weighted by Gasteiger charge is 2.31. The summed E-state index contributed by atoms with van der Waals surface area (Å²) < 4.78 is 11.2. The summed E-state index contributed by atoms with van der Waals surface area (Å²) in [6, 6.07) is 0.462. The number of likely N-dealkylation sites (N-methyl/N-ethyl adjacent to an activating group) is 1. The second kappa shape index (κ2) is 6.24. The molecular weight excluding hydrogens is 262 g/mol. The van der Waals surface area contributed by atoms with Crippen molar-refractivity contribution in [2.45, 2.75) is 43.7 Å². The fourth-order valence-electron chi connectivity index (χ4n) is 2.94. The van der Waals surface area contributed by atoms with Gasteiger partial charge in [0.2, 0.25) is 11.7 Å². The van der Waals surface area contributed by atoms with Crippen molar-refractivity contribution in [2.75, 3.05) is 25.2 Å². The molecule has 1 saturated carbocycles. The zero-order valence-corrected chi connectivity index (χ0v) is 12.1. The second-order valence-electron chi connectivity index (χ2n) is 5.21. The molecule has 106 valence electrons. The van der Waals surface area contributed by atoms with Crippen molar-refractivity contribution < 1.29 is 9.26 Å². The first kappa shape index (κ1) is 13.4. The Labute approximate surface area is 117 Å². The summed E-state index contributed by atoms with van der Waals surface area (Å²) in [5, 5.41) is 7.51. The third kappa shape index (κ3) is 2.95. The van der Waals surface area contributed by atoms with Crippen molar-refractivity contribution in [3.8, 4) is 0 Å². The van der Waals surface area contributed by atoms with Crippen LogP contribution in [-0.2, 0) is 4.74 Å². The summed E-state index contributed by atoms with van der Waals surface area (Å²) in [5.74, 6) is 3.86. The molecule has 2 fully saturated rings. The van der Waals surface area contributed by atoms with Gasteiger partial charge in [-0.2, -0.15) is 16.7 Å². The van der Waals surface area contributed by atoms with E-state index in [9.17, 15) is 0 Å². The number of nitrogens with zero attached hydrogens (tertiary/aromatic N) is 2. The highest BCUT2D eigenvalue weighted by atomic mass is 32.2. The minimum absolute atomic E-state index is 0.00729. The van der Waals surface area contributed by atoms with Gasteiger partial charge >= 0.3 is 0 Å². The molecule has 0 aromatic carbocycles. The van der Waals surface area contributed by atoms with E-state index >= 15 is 0 Å². The van der Waals surface area contributed by atoms with Gasteiger partial charge < -0.3 is 14.6 Å². The minimum atomic E-state index is 0.00729. The minimum Gasteiger partial charge on any atom is -0.368 e. The van der Waals surface area contributed by atoms with Crippen LogP contribution in [0.4, 0.5) is 0 Å². The maximum Gasteiger partial charge on any atom is 0.231 e. The molecule has 5 nitrogen and oxygen atoms in total. The van der Waals surface area contributed by atoms with Gasteiger partial charge in [0.15, 0.2) is 0 Å². The Morgan fingerprint density at radius 3 is 3.00 bits per heavy atom. The van der Waals surface area contributed by atoms with Crippen LogP contribution in [0, 0.1) is 0 Å². The molecular formula is C13H21N3O2S. The molecule has 3 rings (SSSR count). The van der Waals surface area contributed by atoms with Gasteiger partial charge in [-0.25, -0.2) is 0 Å². The van der Waals surface area contributed by atoms with Gasteiger partial charge in [-0.3, -0.25) is 0 Å². The van der Waals surface area contributed by atoms with Gasteiger partial charge in [0.1, 0.15) is 6.10 Å². The average Bonchev–Trinajstić information content (AvgIpc) is 2.98. The summed E-state index contributed by atoms with van der Waals surface area (Å²) in [6.07, 6.45) is 4.86. The Morgan fingerprint density at radius 2 is 2.21 bits per heavy atom. The molecule has 1 N–H and O–H groups in total. The molecule has 0 spiro atoms. The quantitative estimate of drug-likeness (QED) is 0.917. The van der Waals surface area contributed by atoms with E-state index in [1.54, 1.807) is 0 Å². The maximum atomic E-state index is 5.70. The molecule has 0 bridgehead atoms. The number of hydrogen-bond acceptors (Lipinski definition) is 6. The third-order valence-corrected chi connectivity index (χ3v) is 5.01. The predicted octanol–water partition coefficient (Wildman–Crippen LogP) is 2.12. The number of thioether (sulfide) groups is 1. The molecule has 3 atom stereocenters. The van der Waals surface area contributed by atoms with Gasteiger partial charge in [-0.05, 0) is 19.9 Å². The molecule has 3 unspecified atom stereocenters. The number of aromatic nitrogens is 2. The molecule has 0 radical (unpaired) electrons. The summed E-state index contributed by atoms with van der Waals surface area (Å²) in [6.45, 7) is 0.780. The summed E-state index contributed by atoms with van der Waals surface area (Å²) in [7, 11) is 2.02. The van der Waals surface area contributed by atoms with E-state index in [0.717, 1.165) is 36.2 Å². The van der Waals surface area contributed by atoms with E-state index in [0.29, 0.717) is 12.0 Å². The first-order chi connectivity index (χ1) is 9.38. The van der Waals surface area contributed by atoms with E-state index in [-0.39, 0.29) is 6.10 Å². The van der Waals surface area contributed by atoms with Crippen molar-refractivity contribution in [1.82, 2.24) is 15.5 Å². The summed E-state index contributed by atoms with van der Waals surface area (Å²) in [4.78, 5) is 4.60. The monoisotopic (exact) mass is 283 g/mol. The molecule has 2 heterocycles. The Morgan fingerprint density at radius 1 is 1.32 bits per heavy atom. The van der Waals surface area contributed by atoms with Crippen LogP contribution in [0.3, 0.4) is 0 Å². The van der Waals surface area contributed by atoms with Crippen LogP contribution >= 0.6 is 11.8 Å². The van der Waals surface area contributed by atoms with Crippen LogP contribution in [0.1, 0.15) is 49.4 Å². The van der Waals surface area contributed by atoms with Crippen LogP contribution in [0.2, 0.25) is 0 Å². The van der Waals surface area contributed by atoms with Gasteiger partial charge in [0.05, 0.1) is 12.5 Å². The van der Waals surface area contributed by atoms with Crippen molar-refractivity contribution >= 4 is 11.8 Å². The van der Waals surface area contributed by atoms with E-state index in [1.165, 1.54) is 19.3 Å². The van der Waals surface area contributed by atoms with Crippen molar-refractivity contribution in [2.24, 2.45) is 0 Å². The zero-order chi connectivity index (χ0) is 13.1. The lowest BCUT2D eigenvalue weighted by molar-refractivity contribution is 0.0677. The molecule has 1 aliphatic carbocycles. The van der Waals surface area contributed by atoms with Crippen LogP contribution in [-0.4, -0.2) is 41.3 Å². The molecule has 1 aromatic heterocycles. The summed E-state index contributed by atoms with van der Waals surface area (Å²) in [5.41, 5.74) is 0. The first-order valence-electron chi connectivity index (χ1n) is 7.08. The SMILES string of the molecule is CNC1CCCCC1c1nc(C2CSCCO2)no1. The number of rotatable bonds is 3. The lowest BCUT2D eigenvalue weighted by atomic mass is 9.84. The number of hydrogen-bond donors (Lipinski definition) is 1. The normalized spacial score (nSPS) is 32.4. The van der Waals surface area contributed by atoms with Crippen LogP contribution in [0.15, 0.2) is 4.52 Å². The predicted molar refractivity (Wildman–Crippen MR) is 74.4 cm³/mol. The largest absolute Gasteiger partial charge is 0.368 e. The molecule has 1 aliphatic heterocycles. The van der Waals surface area contributed by atoms with Gasteiger partial charge in [0, 0.05) is 17.5 Å². The maximum absolute atomic E-state index is 5.70. The van der Waals surface area contributed by atoms with Gasteiger partial charge in [-0.1, -0.05) is 18.0 Å². The van der Waals surface area contributed by atoms with Crippen molar-refractivity contribution in [1.29, 1.82) is 0 Å². The van der Waals surface area contributed by atoms with E-state index in [1.807, 2.05) is 18.8 Å². The fourth-order valence-corrected chi connectivity index (χ4v) is 3.78. The van der Waals surface area contributed by atoms with Crippen molar-refractivity contribution in [3.05, 3.63) is 11.7 Å². The Kier molecular flexibility index (Phi) is 4.40. The number of nitrogens with one attached hydrogen (secondary N) is 1. The molecule has 1 aromatic rings. The zero-order valence-electron chi connectivity index (χ0n) is 11.3. The molecule has 0 amide bonds. The molecule has 6 heteroatoms. The Bertz CT molecular complexity index is 406. The lowest BCUT2D eigenvalue weighted by Crippen LogP contribution is -2.34. The third-order valence-electron chi connectivity index (χ3n) is 4.02.